The van der Waals surface area contributed by atoms with Gasteiger partial charge < -0.3 is 5.32 Å². The molecule has 2 aromatic heterocycles. The minimum atomic E-state index is -0.281. The highest BCUT2D eigenvalue weighted by atomic mass is 32.2. The van der Waals surface area contributed by atoms with Crippen LogP contribution in [-0.2, 0) is 17.6 Å². The quantitative estimate of drug-likeness (QED) is 0.430. The van der Waals surface area contributed by atoms with Gasteiger partial charge in [-0.3, -0.25) is 14.3 Å². The number of para-hydroxylation sites is 1. The molecular formula is C23H21FN4O2S2. The van der Waals surface area contributed by atoms with Crippen molar-refractivity contribution in [3.05, 3.63) is 87.5 Å². The van der Waals surface area contributed by atoms with Gasteiger partial charge in [-0.25, -0.2) is 14.1 Å². The number of hydrogen-bond acceptors (Lipinski definition) is 5. The van der Waals surface area contributed by atoms with Crippen molar-refractivity contribution in [2.75, 3.05) is 11.1 Å². The number of anilines is 1. The Balaban J connectivity index is 1.37. The molecule has 0 saturated carbocycles. The standard InChI is InChI=1S/C23H21FN4O2S2/c1-15-21(23(30)28(27(15)2)19-6-4-3-5-7-19)26-20(29)14-31-12-18-13-32-22(25-18)16-8-10-17(24)11-9-16/h3-11,13H,12,14H2,1-2H3,(H,26,29). The lowest BCUT2D eigenvalue weighted by atomic mass is 10.2. The summed E-state index contributed by atoms with van der Waals surface area (Å²) in [4.78, 5) is 29.9. The predicted molar refractivity (Wildman–Crippen MR) is 128 cm³/mol. The number of nitrogens with one attached hydrogen (secondary N) is 1. The van der Waals surface area contributed by atoms with Crippen LogP contribution in [0.1, 0.15) is 11.4 Å². The molecule has 0 unspecified atom stereocenters. The molecule has 0 bridgehead atoms. The molecule has 4 aromatic rings. The van der Waals surface area contributed by atoms with Crippen LogP contribution in [0.15, 0.2) is 64.8 Å². The summed E-state index contributed by atoms with van der Waals surface area (Å²) in [6.07, 6.45) is 0. The Labute approximate surface area is 192 Å². The molecule has 0 radical (unpaired) electrons. The zero-order valence-electron chi connectivity index (χ0n) is 17.5. The highest BCUT2D eigenvalue weighted by molar-refractivity contribution is 7.99. The summed E-state index contributed by atoms with van der Waals surface area (Å²) >= 11 is 2.90. The van der Waals surface area contributed by atoms with Gasteiger partial charge >= 0.3 is 0 Å². The van der Waals surface area contributed by atoms with E-state index in [1.54, 1.807) is 30.8 Å². The van der Waals surface area contributed by atoms with Gasteiger partial charge in [-0.2, -0.15) is 0 Å². The van der Waals surface area contributed by atoms with Crippen LogP contribution >= 0.6 is 23.1 Å². The molecule has 0 aliphatic rings. The number of carbonyl (C=O) groups excluding carboxylic acids is 1. The van der Waals surface area contributed by atoms with E-state index in [0.29, 0.717) is 11.4 Å². The van der Waals surface area contributed by atoms with Gasteiger partial charge in [0, 0.05) is 23.7 Å². The molecule has 0 spiro atoms. The molecule has 1 N–H and O–H groups in total. The highest BCUT2D eigenvalue weighted by Crippen LogP contribution is 2.25. The maximum absolute atomic E-state index is 13.1. The fourth-order valence-corrected chi connectivity index (χ4v) is 4.88. The molecule has 2 aromatic carbocycles. The third-order valence-electron chi connectivity index (χ3n) is 4.94. The van der Waals surface area contributed by atoms with Crippen LogP contribution in [-0.4, -0.2) is 26.0 Å². The minimum Gasteiger partial charge on any atom is -0.319 e. The number of rotatable bonds is 7. The number of thiazole rings is 1. The topological polar surface area (TPSA) is 68.9 Å². The second-order valence-corrected chi connectivity index (χ2v) is 8.97. The monoisotopic (exact) mass is 468 g/mol. The highest BCUT2D eigenvalue weighted by Gasteiger charge is 2.18. The fourth-order valence-electron chi connectivity index (χ4n) is 3.23. The summed E-state index contributed by atoms with van der Waals surface area (Å²) < 4.78 is 16.3. The summed E-state index contributed by atoms with van der Waals surface area (Å²) in [7, 11) is 1.79. The second-order valence-electron chi connectivity index (χ2n) is 7.13. The first-order chi connectivity index (χ1) is 15.4. The van der Waals surface area contributed by atoms with Crippen LogP contribution in [0.4, 0.5) is 10.1 Å². The summed E-state index contributed by atoms with van der Waals surface area (Å²) in [5, 5.41) is 5.51. The maximum atomic E-state index is 13.1. The van der Waals surface area contributed by atoms with E-state index in [-0.39, 0.29) is 28.7 Å². The van der Waals surface area contributed by atoms with E-state index >= 15 is 0 Å². The molecular weight excluding hydrogens is 447 g/mol. The predicted octanol–water partition coefficient (Wildman–Crippen LogP) is 4.62. The molecule has 164 valence electrons. The van der Waals surface area contributed by atoms with Crippen molar-refractivity contribution in [1.29, 1.82) is 0 Å². The number of hydrogen-bond donors (Lipinski definition) is 1. The third-order valence-corrected chi connectivity index (χ3v) is 6.85. The lowest BCUT2D eigenvalue weighted by Crippen LogP contribution is -2.23. The fraction of sp³-hybridized carbons (Fsp3) is 0.174. The smallest absolute Gasteiger partial charge is 0.295 e. The van der Waals surface area contributed by atoms with Crippen LogP contribution in [0.25, 0.3) is 16.3 Å². The van der Waals surface area contributed by atoms with Gasteiger partial charge in [0.25, 0.3) is 5.56 Å². The number of carbonyl (C=O) groups is 1. The van der Waals surface area contributed by atoms with Gasteiger partial charge in [-0.05, 0) is 43.3 Å². The Morgan fingerprint density at radius 2 is 1.88 bits per heavy atom. The maximum Gasteiger partial charge on any atom is 0.295 e. The Morgan fingerprint density at radius 1 is 1.16 bits per heavy atom. The molecule has 32 heavy (non-hydrogen) atoms. The van der Waals surface area contributed by atoms with E-state index in [4.69, 9.17) is 0 Å². The van der Waals surface area contributed by atoms with E-state index in [0.717, 1.165) is 22.0 Å². The summed E-state index contributed by atoms with van der Waals surface area (Å²) in [5.41, 5.74) is 3.15. The van der Waals surface area contributed by atoms with E-state index in [2.05, 4.69) is 10.3 Å². The van der Waals surface area contributed by atoms with Crippen molar-refractivity contribution in [3.63, 3.8) is 0 Å². The summed E-state index contributed by atoms with van der Waals surface area (Å²) in [6.45, 7) is 1.80. The van der Waals surface area contributed by atoms with Crippen LogP contribution in [0.3, 0.4) is 0 Å². The Kier molecular flexibility index (Phi) is 6.57. The van der Waals surface area contributed by atoms with Crippen molar-refractivity contribution >= 4 is 34.7 Å². The number of halogens is 1. The van der Waals surface area contributed by atoms with Gasteiger partial charge in [0.2, 0.25) is 5.91 Å². The lowest BCUT2D eigenvalue weighted by Gasteiger charge is -2.07. The average Bonchev–Trinajstić information content (AvgIpc) is 3.34. The van der Waals surface area contributed by atoms with Crippen molar-refractivity contribution in [2.45, 2.75) is 12.7 Å². The first-order valence-electron chi connectivity index (χ1n) is 9.86. The van der Waals surface area contributed by atoms with Crippen LogP contribution < -0.4 is 10.9 Å². The van der Waals surface area contributed by atoms with Gasteiger partial charge in [-0.1, -0.05) is 18.2 Å². The van der Waals surface area contributed by atoms with E-state index in [9.17, 15) is 14.0 Å². The normalized spacial score (nSPS) is 11.0. The molecule has 0 fully saturated rings. The molecule has 6 nitrogen and oxygen atoms in total. The van der Waals surface area contributed by atoms with Gasteiger partial charge in [0.05, 0.1) is 22.8 Å². The summed E-state index contributed by atoms with van der Waals surface area (Å²) in [5.74, 6) is 0.238. The van der Waals surface area contributed by atoms with Crippen LogP contribution in [0.5, 0.6) is 0 Å². The van der Waals surface area contributed by atoms with Gasteiger partial charge in [0.1, 0.15) is 16.5 Å². The summed E-state index contributed by atoms with van der Waals surface area (Å²) in [6, 6.07) is 15.5. The largest absolute Gasteiger partial charge is 0.319 e. The molecule has 4 rings (SSSR count). The van der Waals surface area contributed by atoms with Crippen molar-refractivity contribution in [1.82, 2.24) is 14.3 Å². The Morgan fingerprint density at radius 3 is 2.59 bits per heavy atom. The lowest BCUT2D eigenvalue weighted by molar-refractivity contribution is -0.113. The van der Waals surface area contributed by atoms with Crippen LogP contribution in [0.2, 0.25) is 0 Å². The Hall–Kier alpha value is -3.17. The first-order valence-corrected chi connectivity index (χ1v) is 11.9. The molecule has 0 aliphatic heterocycles. The number of nitrogens with zero attached hydrogens (tertiary/aromatic N) is 3. The van der Waals surface area contributed by atoms with Crippen molar-refractivity contribution in [2.24, 2.45) is 7.05 Å². The molecule has 0 saturated heterocycles. The zero-order chi connectivity index (χ0) is 22.7. The number of thioether (sulfide) groups is 1. The van der Waals surface area contributed by atoms with Gasteiger partial charge in [-0.15, -0.1) is 23.1 Å². The molecule has 0 aliphatic carbocycles. The van der Waals surface area contributed by atoms with Gasteiger partial charge in [0.15, 0.2) is 0 Å². The Bertz CT molecular complexity index is 1290. The number of benzene rings is 2. The SMILES string of the molecule is Cc1c(NC(=O)CSCc2csc(-c3ccc(F)cc3)n2)c(=O)n(-c2ccccc2)n1C. The third kappa shape index (κ3) is 4.68. The average molecular weight is 469 g/mol. The van der Waals surface area contributed by atoms with Crippen molar-refractivity contribution < 1.29 is 9.18 Å². The zero-order valence-corrected chi connectivity index (χ0v) is 19.2. The van der Waals surface area contributed by atoms with E-state index in [1.807, 2.05) is 35.7 Å². The second kappa shape index (κ2) is 9.54. The minimum absolute atomic E-state index is 0.197. The van der Waals surface area contributed by atoms with E-state index < -0.39 is 0 Å². The number of aromatic nitrogens is 3. The molecule has 9 heteroatoms. The molecule has 0 atom stereocenters. The van der Waals surface area contributed by atoms with Crippen LogP contribution in [0, 0.1) is 12.7 Å². The first kappa shape index (κ1) is 22.0. The van der Waals surface area contributed by atoms with E-state index in [1.165, 1.54) is 39.9 Å². The van der Waals surface area contributed by atoms with Crippen molar-refractivity contribution in [3.8, 4) is 16.3 Å². The molecule has 1 amide bonds. The molecule has 2 heterocycles. The number of amides is 1.